The monoisotopic (exact) mass is 382 g/mol. The molecular formula is C23H30N2O3. The number of rotatable bonds is 4. The first-order valence-electron chi connectivity index (χ1n) is 9.29. The Labute approximate surface area is 167 Å². The number of aromatic hydroxyl groups is 1. The molecule has 5 heteroatoms. The van der Waals surface area contributed by atoms with Crippen LogP contribution in [-0.2, 0) is 10.8 Å². The molecule has 2 aromatic rings. The molecular weight excluding hydrogens is 352 g/mol. The van der Waals surface area contributed by atoms with Gasteiger partial charge in [0, 0.05) is 22.3 Å². The van der Waals surface area contributed by atoms with Gasteiger partial charge in [-0.3, -0.25) is 4.79 Å². The zero-order chi connectivity index (χ0) is 21.1. The molecule has 150 valence electrons. The number of para-hydroxylation sites is 1. The van der Waals surface area contributed by atoms with Gasteiger partial charge in [0.1, 0.15) is 11.5 Å². The van der Waals surface area contributed by atoms with Crippen LogP contribution in [0.3, 0.4) is 0 Å². The van der Waals surface area contributed by atoms with Gasteiger partial charge in [-0.1, -0.05) is 53.7 Å². The highest BCUT2D eigenvalue weighted by Crippen LogP contribution is 2.39. The van der Waals surface area contributed by atoms with E-state index in [-0.39, 0.29) is 22.5 Å². The molecule has 2 rings (SSSR count). The molecule has 0 fully saturated rings. The summed E-state index contributed by atoms with van der Waals surface area (Å²) in [4.78, 5) is 12.7. The summed E-state index contributed by atoms with van der Waals surface area (Å²) >= 11 is 0. The van der Waals surface area contributed by atoms with E-state index in [1.54, 1.807) is 25.5 Å². The third kappa shape index (κ3) is 4.91. The molecule has 0 spiro atoms. The van der Waals surface area contributed by atoms with Crippen LogP contribution in [0.15, 0.2) is 41.5 Å². The molecule has 0 unspecified atom stereocenters. The number of ether oxygens (including phenoxy) is 1. The fourth-order valence-electron chi connectivity index (χ4n) is 2.91. The van der Waals surface area contributed by atoms with Gasteiger partial charge < -0.3 is 9.84 Å². The fourth-order valence-corrected chi connectivity index (χ4v) is 2.91. The number of nitrogens with zero attached hydrogens (tertiary/aromatic N) is 1. The van der Waals surface area contributed by atoms with Crippen LogP contribution < -0.4 is 10.2 Å². The van der Waals surface area contributed by atoms with Crippen molar-refractivity contribution in [2.75, 3.05) is 7.11 Å². The van der Waals surface area contributed by atoms with Gasteiger partial charge in [-0.05, 0) is 35.1 Å². The standard InChI is InChI=1S/C23H30N2O3/c1-22(2,3)17-12-16(13-18(20(17)26)23(4,5)6)21(27)25-24-14-15-10-8-9-11-19(15)28-7/h8-14,26H,1-7H3,(H,25,27). The van der Waals surface area contributed by atoms with Gasteiger partial charge in [-0.25, -0.2) is 5.43 Å². The minimum atomic E-state index is -0.331. The van der Waals surface area contributed by atoms with Crippen molar-refractivity contribution in [3.8, 4) is 11.5 Å². The van der Waals surface area contributed by atoms with Crippen molar-refractivity contribution < 1.29 is 14.6 Å². The van der Waals surface area contributed by atoms with Crippen molar-refractivity contribution >= 4 is 12.1 Å². The van der Waals surface area contributed by atoms with E-state index in [0.717, 1.165) is 16.7 Å². The molecule has 0 saturated carbocycles. The van der Waals surface area contributed by atoms with E-state index >= 15 is 0 Å². The van der Waals surface area contributed by atoms with E-state index in [2.05, 4.69) is 10.5 Å². The van der Waals surface area contributed by atoms with Gasteiger partial charge in [0.25, 0.3) is 5.91 Å². The molecule has 0 aliphatic carbocycles. The summed E-state index contributed by atoms with van der Waals surface area (Å²) in [6.07, 6.45) is 1.55. The van der Waals surface area contributed by atoms with Crippen LogP contribution in [-0.4, -0.2) is 24.3 Å². The third-order valence-electron chi connectivity index (χ3n) is 4.50. The fraction of sp³-hybridized carbons (Fsp3) is 0.391. The van der Waals surface area contributed by atoms with Gasteiger partial charge in [0.05, 0.1) is 13.3 Å². The Bertz CT molecular complexity index is 852. The Morgan fingerprint density at radius 3 is 2.07 bits per heavy atom. The van der Waals surface area contributed by atoms with E-state index < -0.39 is 0 Å². The van der Waals surface area contributed by atoms with Gasteiger partial charge >= 0.3 is 0 Å². The Morgan fingerprint density at radius 2 is 1.57 bits per heavy atom. The summed E-state index contributed by atoms with van der Waals surface area (Å²) in [5.74, 6) is 0.589. The van der Waals surface area contributed by atoms with Crippen LogP contribution in [0.2, 0.25) is 0 Å². The van der Waals surface area contributed by atoms with Crippen LogP contribution >= 0.6 is 0 Å². The largest absolute Gasteiger partial charge is 0.507 e. The van der Waals surface area contributed by atoms with Crippen LogP contribution in [0.5, 0.6) is 11.5 Å². The molecule has 28 heavy (non-hydrogen) atoms. The number of nitrogens with one attached hydrogen (secondary N) is 1. The molecule has 2 N–H and O–H groups in total. The Balaban J connectivity index is 2.36. The average Bonchev–Trinajstić information content (AvgIpc) is 2.60. The highest BCUT2D eigenvalue weighted by molar-refractivity contribution is 5.96. The maximum Gasteiger partial charge on any atom is 0.271 e. The molecule has 0 aromatic heterocycles. The Morgan fingerprint density at radius 1 is 1.04 bits per heavy atom. The second-order valence-corrected chi connectivity index (χ2v) is 8.86. The molecule has 0 aliphatic rings. The molecule has 2 aromatic carbocycles. The summed E-state index contributed by atoms with van der Waals surface area (Å²) in [5, 5.41) is 14.8. The van der Waals surface area contributed by atoms with Gasteiger partial charge in [-0.15, -0.1) is 0 Å². The number of carbonyl (C=O) groups excluding carboxylic acids is 1. The minimum absolute atomic E-state index is 0.245. The topological polar surface area (TPSA) is 70.9 Å². The quantitative estimate of drug-likeness (QED) is 0.592. The number of amides is 1. The second-order valence-electron chi connectivity index (χ2n) is 8.86. The first-order chi connectivity index (χ1) is 12.9. The average molecular weight is 383 g/mol. The molecule has 1 amide bonds. The van der Waals surface area contributed by atoms with Crippen LogP contribution in [0.4, 0.5) is 0 Å². The number of phenols is 1. The highest BCUT2D eigenvalue weighted by Gasteiger charge is 2.27. The Hall–Kier alpha value is -2.82. The summed E-state index contributed by atoms with van der Waals surface area (Å²) in [6.45, 7) is 12.1. The van der Waals surface area contributed by atoms with E-state index in [1.807, 2.05) is 65.8 Å². The summed E-state index contributed by atoms with van der Waals surface area (Å²) in [6, 6.07) is 10.9. The normalized spacial score (nSPS) is 12.2. The van der Waals surface area contributed by atoms with Crippen molar-refractivity contribution in [1.29, 1.82) is 0 Å². The summed E-state index contributed by atoms with van der Waals surface area (Å²) in [5.41, 5.74) is 4.66. The van der Waals surface area contributed by atoms with E-state index in [4.69, 9.17) is 4.74 Å². The van der Waals surface area contributed by atoms with E-state index in [1.165, 1.54) is 0 Å². The Kier molecular flexibility index (Phi) is 6.17. The third-order valence-corrected chi connectivity index (χ3v) is 4.50. The van der Waals surface area contributed by atoms with Crippen molar-refractivity contribution in [3.05, 3.63) is 58.7 Å². The van der Waals surface area contributed by atoms with Crippen LogP contribution in [0, 0.1) is 0 Å². The SMILES string of the molecule is COc1ccccc1C=NNC(=O)c1cc(C(C)(C)C)c(O)c(C(C)(C)C)c1. The molecule has 0 heterocycles. The van der Waals surface area contributed by atoms with Crippen LogP contribution in [0.25, 0.3) is 0 Å². The number of hydrogen-bond donors (Lipinski definition) is 2. The van der Waals surface area contributed by atoms with Crippen LogP contribution in [0.1, 0.15) is 68.6 Å². The zero-order valence-corrected chi connectivity index (χ0v) is 17.8. The number of phenolic OH excluding ortho intramolecular Hbond substituents is 1. The molecule has 0 radical (unpaired) electrons. The lowest BCUT2D eigenvalue weighted by molar-refractivity contribution is 0.0955. The lowest BCUT2D eigenvalue weighted by atomic mass is 9.78. The van der Waals surface area contributed by atoms with Gasteiger partial charge in [0.15, 0.2) is 0 Å². The van der Waals surface area contributed by atoms with E-state index in [9.17, 15) is 9.90 Å². The summed E-state index contributed by atoms with van der Waals surface area (Å²) < 4.78 is 5.28. The number of benzene rings is 2. The zero-order valence-electron chi connectivity index (χ0n) is 17.8. The van der Waals surface area contributed by atoms with Gasteiger partial charge in [-0.2, -0.15) is 5.10 Å². The smallest absolute Gasteiger partial charge is 0.271 e. The maximum atomic E-state index is 12.7. The van der Waals surface area contributed by atoms with Crippen molar-refractivity contribution in [3.63, 3.8) is 0 Å². The number of hydrazone groups is 1. The molecule has 0 saturated heterocycles. The van der Waals surface area contributed by atoms with Crippen molar-refractivity contribution in [1.82, 2.24) is 5.43 Å². The summed E-state index contributed by atoms with van der Waals surface area (Å²) in [7, 11) is 1.59. The lowest BCUT2D eigenvalue weighted by Gasteiger charge is -2.28. The van der Waals surface area contributed by atoms with Crippen molar-refractivity contribution in [2.24, 2.45) is 5.10 Å². The molecule has 0 aliphatic heterocycles. The predicted octanol–water partition coefficient (Wildman–Crippen LogP) is 4.76. The molecule has 5 nitrogen and oxygen atoms in total. The molecule has 0 atom stereocenters. The highest BCUT2D eigenvalue weighted by atomic mass is 16.5. The van der Waals surface area contributed by atoms with E-state index in [0.29, 0.717) is 11.3 Å². The second kappa shape index (κ2) is 8.05. The number of methoxy groups -OCH3 is 1. The molecule has 0 bridgehead atoms. The minimum Gasteiger partial charge on any atom is -0.507 e. The maximum absolute atomic E-state index is 12.7. The van der Waals surface area contributed by atoms with Gasteiger partial charge in [0.2, 0.25) is 0 Å². The first kappa shape index (κ1) is 21.5. The predicted molar refractivity (Wildman–Crippen MR) is 114 cm³/mol. The number of hydrogen-bond acceptors (Lipinski definition) is 4. The van der Waals surface area contributed by atoms with Crippen molar-refractivity contribution in [2.45, 2.75) is 52.4 Å². The first-order valence-corrected chi connectivity index (χ1v) is 9.29. The lowest BCUT2D eigenvalue weighted by Crippen LogP contribution is -2.22. The number of carbonyl (C=O) groups is 1.